The number of ether oxygens (including phenoxy) is 3. The van der Waals surface area contributed by atoms with Crippen LogP contribution in [-0.4, -0.2) is 26.9 Å². The van der Waals surface area contributed by atoms with Crippen LogP contribution in [0, 0.1) is 11.8 Å². The molecule has 0 spiro atoms. The highest BCUT2D eigenvalue weighted by atomic mass is 16.5. The standard InChI is InChI=1S/C14H16O3/c1-15-13-8-6-11(10-14(13)16-2)5-7-12-4-3-9-17-12/h6,8,10,12H,3-4,9H2,1-2H3/t12-/m1/s1. The van der Waals surface area contributed by atoms with Crippen molar-refractivity contribution in [3.63, 3.8) is 0 Å². The van der Waals surface area contributed by atoms with E-state index in [1.54, 1.807) is 14.2 Å². The predicted octanol–water partition coefficient (Wildman–Crippen LogP) is 2.23. The van der Waals surface area contributed by atoms with E-state index in [9.17, 15) is 0 Å². The molecule has 1 saturated heterocycles. The maximum atomic E-state index is 5.45. The van der Waals surface area contributed by atoms with Crippen molar-refractivity contribution in [3.05, 3.63) is 23.8 Å². The quantitative estimate of drug-likeness (QED) is 0.732. The van der Waals surface area contributed by atoms with Crippen LogP contribution in [0.3, 0.4) is 0 Å². The lowest BCUT2D eigenvalue weighted by molar-refractivity contribution is 0.152. The minimum Gasteiger partial charge on any atom is -0.493 e. The molecule has 0 aliphatic carbocycles. The molecule has 0 N–H and O–H groups in total. The molecule has 0 aromatic heterocycles. The summed E-state index contributed by atoms with van der Waals surface area (Å²) in [6.07, 6.45) is 2.22. The lowest BCUT2D eigenvalue weighted by atomic mass is 10.2. The summed E-state index contributed by atoms with van der Waals surface area (Å²) in [6.45, 7) is 0.825. The Labute approximate surface area is 102 Å². The fourth-order valence-electron chi connectivity index (χ4n) is 1.77. The monoisotopic (exact) mass is 232 g/mol. The first-order valence-corrected chi connectivity index (χ1v) is 5.68. The zero-order chi connectivity index (χ0) is 12.1. The van der Waals surface area contributed by atoms with Crippen LogP contribution in [0.5, 0.6) is 11.5 Å². The number of benzene rings is 1. The van der Waals surface area contributed by atoms with E-state index in [-0.39, 0.29) is 6.10 Å². The van der Waals surface area contributed by atoms with Crippen molar-refractivity contribution >= 4 is 0 Å². The molecule has 1 aromatic carbocycles. The van der Waals surface area contributed by atoms with Crippen molar-refractivity contribution in [1.29, 1.82) is 0 Å². The summed E-state index contributed by atoms with van der Waals surface area (Å²) >= 11 is 0. The molecule has 1 heterocycles. The number of hydrogen-bond acceptors (Lipinski definition) is 3. The van der Waals surface area contributed by atoms with E-state index < -0.39 is 0 Å². The van der Waals surface area contributed by atoms with Crippen LogP contribution < -0.4 is 9.47 Å². The topological polar surface area (TPSA) is 27.7 Å². The highest BCUT2D eigenvalue weighted by Gasteiger charge is 2.11. The first-order chi connectivity index (χ1) is 8.33. The van der Waals surface area contributed by atoms with E-state index in [1.807, 2.05) is 18.2 Å². The second kappa shape index (κ2) is 5.60. The molecule has 3 nitrogen and oxygen atoms in total. The largest absolute Gasteiger partial charge is 0.493 e. The molecule has 0 unspecified atom stereocenters. The van der Waals surface area contributed by atoms with Crippen molar-refractivity contribution in [2.45, 2.75) is 18.9 Å². The normalized spacial score (nSPS) is 18.4. The Kier molecular flexibility index (Phi) is 3.89. The van der Waals surface area contributed by atoms with Gasteiger partial charge in [0.2, 0.25) is 0 Å². The molecule has 2 rings (SSSR count). The predicted molar refractivity (Wildman–Crippen MR) is 65.4 cm³/mol. The Morgan fingerprint density at radius 2 is 2.06 bits per heavy atom. The zero-order valence-corrected chi connectivity index (χ0v) is 10.2. The van der Waals surface area contributed by atoms with E-state index in [2.05, 4.69) is 11.8 Å². The average Bonchev–Trinajstić information content (AvgIpc) is 2.89. The summed E-state index contributed by atoms with van der Waals surface area (Å²) in [5.74, 6) is 7.64. The Morgan fingerprint density at radius 3 is 2.71 bits per heavy atom. The summed E-state index contributed by atoms with van der Waals surface area (Å²) in [6, 6.07) is 5.66. The molecule has 1 aliphatic heterocycles. The Bertz CT molecular complexity index is 437. The summed E-state index contributed by atoms with van der Waals surface area (Å²) in [5, 5.41) is 0. The van der Waals surface area contributed by atoms with Crippen LogP contribution in [0.4, 0.5) is 0 Å². The van der Waals surface area contributed by atoms with E-state index in [4.69, 9.17) is 14.2 Å². The molecule has 1 atom stereocenters. The molecular formula is C14H16O3. The van der Waals surface area contributed by atoms with Crippen LogP contribution in [0.25, 0.3) is 0 Å². The van der Waals surface area contributed by atoms with Crippen LogP contribution in [0.2, 0.25) is 0 Å². The van der Waals surface area contributed by atoms with Gasteiger partial charge >= 0.3 is 0 Å². The van der Waals surface area contributed by atoms with Crippen molar-refractivity contribution in [1.82, 2.24) is 0 Å². The smallest absolute Gasteiger partial charge is 0.161 e. The Balaban J connectivity index is 2.15. The van der Waals surface area contributed by atoms with Gasteiger partial charge in [-0.2, -0.15) is 0 Å². The van der Waals surface area contributed by atoms with Gasteiger partial charge in [0.25, 0.3) is 0 Å². The molecule has 0 bridgehead atoms. The van der Waals surface area contributed by atoms with Crippen molar-refractivity contribution in [3.8, 4) is 23.3 Å². The number of rotatable bonds is 2. The second-order valence-corrected chi connectivity index (χ2v) is 3.84. The minimum absolute atomic E-state index is 0.0862. The third-order valence-electron chi connectivity index (χ3n) is 2.69. The molecule has 1 fully saturated rings. The first-order valence-electron chi connectivity index (χ1n) is 5.68. The maximum Gasteiger partial charge on any atom is 0.161 e. The van der Waals surface area contributed by atoms with Gasteiger partial charge in [0, 0.05) is 12.2 Å². The molecule has 0 amide bonds. The minimum atomic E-state index is 0.0862. The van der Waals surface area contributed by atoms with E-state index in [1.165, 1.54) is 0 Å². The Hall–Kier alpha value is -1.66. The fourth-order valence-corrected chi connectivity index (χ4v) is 1.77. The van der Waals surface area contributed by atoms with Gasteiger partial charge < -0.3 is 14.2 Å². The van der Waals surface area contributed by atoms with Crippen LogP contribution in [0.15, 0.2) is 18.2 Å². The molecule has 0 saturated carbocycles. The van der Waals surface area contributed by atoms with Gasteiger partial charge in [0.1, 0.15) is 6.10 Å². The SMILES string of the molecule is COc1ccc(C#C[C@H]2CCCO2)cc1OC. The van der Waals surface area contributed by atoms with Gasteiger partial charge in [-0.3, -0.25) is 0 Å². The fraction of sp³-hybridized carbons (Fsp3) is 0.429. The van der Waals surface area contributed by atoms with Gasteiger partial charge in [-0.1, -0.05) is 11.8 Å². The number of hydrogen-bond donors (Lipinski definition) is 0. The molecule has 0 radical (unpaired) electrons. The van der Waals surface area contributed by atoms with Gasteiger partial charge in [0.15, 0.2) is 11.5 Å². The zero-order valence-electron chi connectivity index (χ0n) is 10.2. The number of methoxy groups -OCH3 is 2. The van der Waals surface area contributed by atoms with E-state index in [0.717, 1.165) is 30.8 Å². The summed E-state index contributed by atoms with van der Waals surface area (Å²) < 4.78 is 15.8. The summed E-state index contributed by atoms with van der Waals surface area (Å²) in [7, 11) is 3.24. The van der Waals surface area contributed by atoms with Crippen molar-refractivity contribution in [2.75, 3.05) is 20.8 Å². The van der Waals surface area contributed by atoms with Crippen LogP contribution in [-0.2, 0) is 4.74 Å². The third kappa shape index (κ3) is 2.92. The lowest BCUT2D eigenvalue weighted by Gasteiger charge is -2.06. The lowest BCUT2D eigenvalue weighted by Crippen LogP contribution is -1.99. The van der Waals surface area contributed by atoms with Gasteiger partial charge in [-0.05, 0) is 31.0 Å². The molecule has 3 heteroatoms. The summed E-state index contributed by atoms with van der Waals surface area (Å²) in [4.78, 5) is 0. The van der Waals surface area contributed by atoms with Crippen LogP contribution >= 0.6 is 0 Å². The second-order valence-electron chi connectivity index (χ2n) is 3.84. The molecule has 17 heavy (non-hydrogen) atoms. The average molecular weight is 232 g/mol. The molecule has 90 valence electrons. The third-order valence-corrected chi connectivity index (χ3v) is 2.69. The highest BCUT2D eigenvalue weighted by molar-refractivity contribution is 5.48. The van der Waals surface area contributed by atoms with E-state index >= 15 is 0 Å². The van der Waals surface area contributed by atoms with Crippen molar-refractivity contribution < 1.29 is 14.2 Å². The maximum absolute atomic E-state index is 5.45. The Morgan fingerprint density at radius 1 is 1.24 bits per heavy atom. The molecular weight excluding hydrogens is 216 g/mol. The molecule has 1 aliphatic rings. The first kappa shape index (κ1) is 11.8. The van der Waals surface area contributed by atoms with Gasteiger partial charge in [0.05, 0.1) is 14.2 Å². The van der Waals surface area contributed by atoms with Gasteiger partial charge in [-0.25, -0.2) is 0 Å². The van der Waals surface area contributed by atoms with Crippen molar-refractivity contribution in [2.24, 2.45) is 0 Å². The van der Waals surface area contributed by atoms with Crippen LogP contribution in [0.1, 0.15) is 18.4 Å². The van der Waals surface area contributed by atoms with Gasteiger partial charge in [-0.15, -0.1) is 0 Å². The summed E-state index contributed by atoms with van der Waals surface area (Å²) in [5.41, 5.74) is 0.915. The highest BCUT2D eigenvalue weighted by Crippen LogP contribution is 2.27. The molecule has 1 aromatic rings. The van der Waals surface area contributed by atoms with E-state index in [0.29, 0.717) is 5.75 Å².